The van der Waals surface area contributed by atoms with Gasteiger partial charge >= 0.3 is 18.2 Å². The number of aryl methyl sites for hydroxylation is 2. The molecule has 2 aliphatic heterocycles. The van der Waals surface area contributed by atoms with Crippen LogP contribution in [-0.4, -0.2) is 28.6 Å². The van der Waals surface area contributed by atoms with Crippen LogP contribution in [0.15, 0.2) is 42.7 Å². The zero-order chi connectivity index (χ0) is 30.0. The van der Waals surface area contributed by atoms with Crippen molar-refractivity contribution in [2.24, 2.45) is 0 Å². The van der Waals surface area contributed by atoms with E-state index in [-0.39, 0.29) is 29.1 Å². The number of carbonyl (C=O) groups excluding carboxylic acids is 2. The molecule has 1 atom stereocenters. The van der Waals surface area contributed by atoms with Crippen molar-refractivity contribution in [3.63, 3.8) is 0 Å². The molecule has 12 heteroatoms. The highest BCUT2D eigenvalue weighted by Gasteiger charge is 2.40. The number of fused-ring (bicyclic) bond motifs is 2. The van der Waals surface area contributed by atoms with E-state index in [0.717, 1.165) is 24.3 Å². The Labute approximate surface area is 239 Å². The second-order valence-corrected chi connectivity index (χ2v) is 10.0. The number of pyridine rings is 2. The molecule has 2 aromatic heterocycles. The number of anilines is 2. The second kappa shape index (κ2) is 11.8. The Kier molecular flexibility index (Phi) is 8.15. The van der Waals surface area contributed by atoms with Crippen LogP contribution >= 0.6 is 0 Å². The highest BCUT2D eigenvalue weighted by atomic mass is 19.4. The van der Waals surface area contributed by atoms with E-state index in [9.17, 15) is 27.2 Å². The minimum absolute atomic E-state index is 0.0891. The fraction of sp³-hybridized carbons (Fsp3) is 0.333. The minimum atomic E-state index is -4.80. The van der Waals surface area contributed by atoms with Gasteiger partial charge in [0.2, 0.25) is 0 Å². The third kappa shape index (κ3) is 5.93. The van der Waals surface area contributed by atoms with Crippen LogP contribution in [0.25, 0.3) is 6.08 Å². The molecule has 0 fully saturated rings. The minimum Gasteiger partial charge on any atom is -0.484 e. The highest BCUT2D eigenvalue weighted by molar-refractivity contribution is 6.06. The quantitative estimate of drug-likeness (QED) is 0.140. The van der Waals surface area contributed by atoms with Crippen LogP contribution in [0.2, 0.25) is 0 Å². The summed E-state index contributed by atoms with van der Waals surface area (Å²) in [6, 6.07) is 5.49. The molecule has 0 saturated heterocycles. The molecule has 0 aliphatic carbocycles. The standard InChI is InChI=1S/C30H28F4N4O4/c1-3-4-12-41-25(39)10-8-19-15-36-28(30(32,33)34)20-16-38(29(40)37-26(19)20)22-14-24-18(13-17(22)2)7-9-23(42-24)27-21(31)6-5-11-35-27/h5-6,8,10-11,13-15,23H,3-4,7,9,12,16H2,1-2H3,(H,37,40)/b10-8+. The molecule has 3 aromatic rings. The van der Waals surface area contributed by atoms with Crippen molar-refractivity contribution >= 4 is 29.5 Å². The van der Waals surface area contributed by atoms with Gasteiger partial charge in [0.05, 0.1) is 24.5 Å². The number of nitrogens with one attached hydrogen (secondary N) is 1. The van der Waals surface area contributed by atoms with Crippen molar-refractivity contribution in [3.05, 3.63) is 82.2 Å². The zero-order valence-electron chi connectivity index (χ0n) is 22.9. The first-order valence-corrected chi connectivity index (χ1v) is 13.5. The maximum atomic E-state index is 14.4. The molecule has 1 unspecified atom stereocenters. The Morgan fingerprint density at radius 2 is 2.10 bits per heavy atom. The summed E-state index contributed by atoms with van der Waals surface area (Å²) in [7, 11) is 0. The first kappa shape index (κ1) is 29.0. The van der Waals surface area contributed by atoms with Crippen molar-refractivity contribution in [1.82, 2.24) is 9.97 Å². The number of carbonyl (C=O) groups is 2. The Bertz CT molecular complexity index is 1560. The fourth-order valence-corrected chi connectivity index (χ4v) is 5.02. The number of ether oxygens (including phenoxy) is 2. The van der Waals surface area contributed by atoms with E-state index in [1.807, 2.05) is 13.0 Å². The Hall–Kier alpha value is -4.48. The van der Waals surface area contributed by atoms with E-state index in [1.54, 1.807) is 13.0 Å². The SMILES string of the molecule is CCCCOC(=O)/C=C/c1cnc(C(F)(F)F)c2c1NC(=O)N(c1cc3c(cc1C)CCC(c1ncccc1F)O3)C2. The summed E-state index contributed by atoms with van der Waals surface area (Å²) >= 11 is 0. The lowest BCUT2D eigenvalue weighted by molar-refractivity contribution is -0.142. The smallest absolute Gasteiger partial charge is 0.433 e. The van der Waals surface area contributed by atoms with Gasteiger partial charge in [0, 0.05) is 35.7 Å². The molecule has 220 valence electrons. The predicted molar refractivity (Wildman–Crippen MR) is 146 cm³/mol. The molecule has 4 heterocycles. The lowest BCUT2D eigenvalue weighted by atomic mass is 9.96. The molecule has 0 radical (unpaired) electrons. The van der Waals surface area contributed by atoms with Crippen LogP contribution in [0.5, 0.6) is 5.75 Å². The summed E-state index contributed by atoms with van der Waals surface area (Å²) in [5.41, 5.74) is 0.595. The third-order valence-electron chi connectivity index (χ3n) is 7.12. The number of benzene rings is 1. The number of urea groups is 1. The number of halogens is 4. The summed E-state index contributed by atoms with van der Waals surface area (Å²) in [6.07, 6.45) is 1.88. The number of alkyl halides is 3. The number of amides is 2. The van der Waals surface area contributed by atoms with Crippen molar-refractivity contribution in [2.45, 2.75) is 58.4 Å². The van der Waals surface area contributed by atoms with E-state index >= 15 is 0 Å². The van der Waals surface area contributed by atoms with Gasteiger partial charge in [-0.05, 0) is 55.5 Å². The van der Waals surface area contributed by atoms with Crippen LogP contribution in [0, 0.1) is 12.7 Å². The topological polar surface area (TPSA) is 93.6 Å². The number of hydrogen-bond acceptors (Lipinski definition) is 6. The van der Waals surface area contributed by atoms with Crippen molar-refractivity contribution < 1.29 is 36.6 Å². The molecule has 1 N–H and O–H groups in total. The summed E-state index contributed by atoms with van der Waals surface area (Å²) < 4.78 is 67.6. The second-order valence-electron chi connectivity index (χ2n) is 10.0. The van der Waals surface area contributed by atoms with E-state index in [1.165, 1.54) is 29.3 Å². The van der Waals surface area contributed by atoms with E-state index in [4.69, 9.17) is 9.47 Å². The number of nitrogens with zero attached hydrogens (tertiary/aromatic N) is 3. The highest BCUT2D eigenvalue weighted by Crippen LogP contribution is 2.43. The van der Waals surface area contributed by atoms with Gasteiger partial charge in [-0.15, -0.1) is 0 Å². The molecule has 0 spiro atoms. The maximum Gasteiger partial charge on any atom is 0.433 e. The van der Waals surface area contributed by atoms with Crippen LogP contribution in [-0.2, 0) is 28.7 Å². The molecule has 0 bridgehead atoms. The lowest BCUT2D eigenvalue weighted by Crippen LogP contribution is -2.40. The van der Waals surface area contributed by atoms with Crippen LogP contribution < -0.4 is 15.0 Å². The average molecular weight is 585 g/mol. The first-order valence-electron chi connectivity index (χ1n) is 13.5. The summed E-state index contributed by atoms with van der Waals surface area (Å²) in [4.78, 5) is 34.3. The van der Waals surface area contributed by atoms with Crippen LogP contribution in [0.1, 0.15) is 65.9 Å². The van der Waals surface area contributed by atoms with Gasteiger partial charge in [-0.3, -0.25) is 14.9 Å². The Balaban J connectivity index is 1.47. The zero-order valence-corrected chi connectivity index (χ0v) is 22.9. The number of aromatic nitrogens is 2. The van der Waals surface area contributed by atoms with Crippen LogP contribution in [0.4, 0.5) is 33.7 Å². The summed E-state index contributed by atoms with van der Waals surface area (Å²) in [5.74, 6) is -0.770. The third-order valence-corrected chi connectivity index (χ3v) is 7.12. The monoisotopic (exact) mass is 584 g/mol. The van der Waals surface area contributed by atoms with E-state index < -0.39 is 42.3 Å². The average Bonchev–Trinajstić information content (AvgIpc) is 2.95. The summed E-state index contributed by atoms with van der Waals surface area (Å²) in [5, 5.41) is 2.56. The molecule has 5 rings (SSSR count). The molecule has 0 saturated carbocycles. The molecule has 8 nitrogen and oxygen atoms in total. The predicted octanol–water partition coefficient (Wildman–Crippen LogP) is 6.92. The molecular formula is C30H28F4N4O4. The van der Waals surface area contributed by atoms with Gasteiger partial charge in [0.25, 0.3) is 0 Å². The molecule has 1 aromatic carbocycles. The van der Waals surface area contributed by atoms with Crippen molar-refractivity contribution in [3.8, 4) is 5.75 Å². The molecule has 2 aliphatic rings. The molecule has 42 heavy (non-hydrogen) atoms. The Morgan fingerprint density at radius 1 is 1.29 bits per heavy atom. The van der Waals surface area contributed by atoms with Crippen molar-refractivity contribution in [1.29, 1.82) is 0 Å². The van der Waals surface area contributed by atoms with Gasteiger partial charge in [-0.2, -0.15) is 13.2 Å². The molecule has 2 amide bonds. The maximum absolute atomic E-state index is 14.4. The van der Waals surface area contributed by atoms with E-state index in [0.29, 0.717) is 36.3 Å². The number of esters is 1. The summed E-state index contributed by atoms with van der Waals surface area (Å²) in [6.45, 7) is 3.46. The van der Waals surface area contributed by atoms with Gasteiger partial charge in [0.1, 0.15) is 23.4 Å². The first-order chi connectivity index (χ1) is 20.1. The number of hydrogen-bond donors (Lipinski definition) is 1. The lowest BCUT2D eigenvalue weighted by Gasteiger charge is -2.34. The fourth-order valence-electron chi connectivity index (χ4n) is 5.02. The van der Waals surface area contributed by atoms with Crippen molar-refractivity contribution in [2.75, 3.05) is 16.8 Å². The number of unbranched alkanes of at least 4 members (excludes halogenated alkanes) is 1. The van der Waals surface area contributed by atoms with E-state index in [2.05, 4.69) is 15.3 Å². The van der Waals surface area contributed by atoms with Gasteiger partial charge in [-0.1, -0.05) is 19.4 Å². The number of rotatable bonds is 7. The largest absolute Gasteiger partial charge is 0.484 e. The normalized spacial score (nSPS) is 16.5. The van der Waals surface area contributed by atoms with Crippen LogP contribution in [0.3, 0.4) is 0 Å². The van der Waals surface area contributed by atoms with Gasteiger partial charge in [0.15, 0.2) is 5.69 Å². The van der Waals surface area contributed by atoms with Gasteiger partial charge in [-0.25, -0.2) is 14.0 Å². The molecular weight excluding hydrogens is 556 g/mol. The Morgan fingerprint density at radius 3 is 2.83 bits per heavy atom. The van der Waals surface area contributed by atoms with Gasteiger partial charge < -0.3 is 14.8 Å².